The van der Waals surface area contributed by atoms with Crippen molar-refractivity contribution < 1.29 is 4.74 Å². The second-order valence-corrected chi connectivity index (χ2v) is 6.42. The molecule has 0 aliphatic carbocycles. The van der Waals surface area contributed by atoms with Crippen LogP contribution >= 0.6 is 24.0 Å². The van der Waals surface area contributed by atoms with Crippen molar-refractivity contribution >= 4 is 29.9 Å². The monoisotopic (exact) mass is 460 g/mol. The predicted molar refractivity (Wildman–Crippen MR) is 116 cm³/mol. The molecule has 1 fully saturated rings. The van der Waals surface area contributed by atoms with Gasteiger partial charge in [0, 0.05) is 46.9 Å². The van der Waals surface area contributed by atoms with Gasteiger partial charge in [-0.2, -0.15) is 0 Å². The van der Waals surface area contributed by atoms with Crippen molar-refractivity contribution in [3.8, 4) is 0 Å². The molecule has 1 heterocycles. The Kier molecular flexibility index (Phi) is 11.9. The van der Waals surface area contributed by atoms with Crippen LogP contribution in [0.15, 0.2) is 35.3 Å². The summed E-state index contributed by atoms with van der Waals surface area (Å²) >= 11 is 0. The molecule has 25 heavy (non-hydrogen) atoms. The third-order valence-electron chi connectivity index (χ3n) is 4.53. The summed E-state index contributed by atoms with van der Waals surface area (Å²) in [7, 11) is 3.56. The Morgan fingerprint density at radius 1 is 1.28 bits per heavy atom. The summed E-state index contributed by atoms with van der Waals surface area (Å²) < 4.78 is 5.06. The van der Waals surface area contributed by atoms with E-state index in [2.05, 4.69) is 50.9 Å². The van der Waals surface area contributed by atoms with E-state index in [4.69, 9.17) is 4.74 Å². The third kappa shape index (κ3) is 8.87. The molecule has 1 aliphatic rings. The van der Waals surface area contributed by atoms with Crippen LogP contribution in [0.2, 0.25) is 0 Å². The Balaban J connectivity index is 0.00000312. The van der Waals surface area contributed by atoms with Gasteiger partial charge in [0.15, 0.2) is 5.96 Å². The van der Waals surface area contributed by atoms with Crippen LogP contribution in [0.4, 0.5) is 0 Å². The fraction of sp³-hybridized carbons (Fsp3) is 0.632. The van der Waals surface area contributed by atoms with E-state index in [1.54, 1.807) is 7.11 Å². The fourth-order valence-electron chi connectivity index (χ4n) is 3.10. The zero-order chi connectivity index (χ0) is 17.0. The van der Waals surface area contributed by atoms with E-state index in [1.807, 2.05) is 7.05 Å². The van der Waals surface area contributed by atoms with Gasteiger partial charge in [0.1, 0.15) is 0 Å². The highest BCUT2D eigenvalue weighted by Crippen LogP contribution is 2.15. The molecule has 0 saturated carbocycles. The molecule has 2 N–H and O–H groups in total. The van der Waals surface area contributed by atoms with Gasteiger partial charge in [-0.15, -0.1) is 24.0 Å². The summed E-state index contributed by atoms with van der Waals surface area (Å²) in [5.41, 5.74) is 1.43. The molecule has 1 saturated heterocycles. The molecule has 6 heteroatoms. The van der Waals surface area contributed by atoms with Crippen LogP contribution in [0.25, 0.3) is 0 Å². The Hall–Kier alpha value is -0.860. The summed E-state index contributed by atoms with van der Waals surface area (Å²) in [6, 6.07) is 10.8. The van der Waals surface area contributed by atoms with Crippen LogP contribution in [0.1, 0.15) is 18.4 Å². The Bertz CT molecular complexity index is 484. The minimum Gasteiger partial charge on any atom is -0.385 e. The van der Waals surface area contributed by atoms with E-state index in [-0.39, 0.29) is 24.0 Å². The lowest BCUT2D eigenvalue weighted by Crippen LogP contribution is -2.40. The maximum absolute atomic E-state index is 5.06. The Morgan fingerprint density at radius 2 is 2.08 bits per heavy atom. The molecule has 0 radical (unpaired) electrons. The lowest BCUT2D eigenvalue weighted by molar-refractivity contribution is 0.195. The number of ether oxygens (including phenoxy) is 1. The van der Waals surface area contributed by atoms with Gasteiger partial charge in [-0.3, -0.25) is 4.99 Å². The molecule has 0 aromatic heterocycles. The summed E-state index contributed by atoms with van der Waals surface area (Å²) in [5, 5.41) is 6.79. The topological polar surface area (TPSA) is 48.9 Å². The maximum atomic E-state index is 5.06. The predicted octanol–water partition coefficient (Wildman–Crippen LogP) is 2.37. The van der Waals surface area contributed by atoms with Crippen LogP contribution in [0, 0.1) is 5.92 Å². The zero-order valence-corrected chi connectivity index (χ0v) is 17.9. The van der Waals surface area contributed by atoms with E-state index in [0.29, 0.717) is 5.92 Å². The highest BCUT2D eigenvalue weighted by atomic mass is 127. The van der Waals surface area contributed by atoms with E-state index in [1.165, 1.54) is 25.1 Å². The van der Waals surface area contributed by atoms with E-state index in [0.717, 1.165) is 45.0 Å². The van der Waals surface area contributed by atoms with E-state index < -0.39 is 0 Å². The van der Waals surface area contributed by atoms with Crippen LogP contribution in [-0.4, -0.2) is 64.3 Å². The molecule has 0 bridgehead atoms. The van der Waals surface area contributed by atoms with Crippen molar-refractivity contribution in [2.24, 2.45) is 10.9 Å². The minimum absolute atomic E-state index is 0. The molecule has 5 nitrogen and oxygen atoms in total. The summed E-state index contributed by atoms with van der Waals surface area (Å²) in [6.45, 7) is 6.21. The van der Waals surface area contributed by atoms with Crippen molar-refractivity contribution in [1.82, 2.24) is 15.5 Å². The molecule has 0 amide bonds. The number of methoxy groups -OCH3 is 1. The smallest absolute Gasteiger partial charge is 0.190 e. The fourth-order valence-corrected chi connectivity index (χ4v) is 3.10. The maximum Gasteiger partial charge on any atom is 0.190 e. The third-order valence-corrected chi connectivity index (χ3v) is 4.53. The largest absolute Gasteiger partial charge is 0.385 e. The number of guanidine groups is 1. The number of hydrogen-bond acceptors (Lipinski definition) is 3. The van der Waals surface area contributed by atoms with E-state index >= 15 is 0 Å². The van der Waals surface area contributed by atoms with Crippen molar-refractivity contribution in [2.75, 3.05) is 53.5 Å². The molecule has 0 spiro atoms. The first-order valence-corrected chi connectivity index (χ1v) is 9.01. The zero-order valence-electron chi connectivity index (χ0n) is 15.5. The first-order chi connectivity index (χ1) is 11.8. The van der Waals surface area contributed by atoms with Gasteiger partial charge in [0.25, 0.3) is 0 Å². The minimum atomic E-state index is 0. The normalized spacial score (nSPS) is 18.0. The molecule has 1 aliphatic heterocycles. The molecule has 142 valence electrons. The van der Waals surface area contributed by atoms with Gasteiger partial charge in [-0.05, 0) is 37.3 Å². The molecular formula is C19H33IN4O. The lowest BCUT2D eigenvalue weighted by Gasteiger charge is -2.17. The average Bonchev–Trinajstić information content (AvgIpc) is 3.08. The highest BCUT2D eigenvalue weighted by Gasteiger charge is 2.22. The van der Waals surface area contributed by atoms with Crippen molar-refractivity contribution in [1.29, 1.82) is 0 Å². The first kappa shape index (κ1) is 22.2. The molecule has 1 unspecified atom stereocenters. The van der Waals surface area contributed by atoms with Gasteiger partial charge in [0.05, 0.1) is 0 Å². The number of benzene rings is 1. The number of rotatable bonds is 9. The van der Waals surface area contributed by atoms with Gasteiger partial charge in [-0.25, -0.2) is 0 Å². The van der Waals surface area contributed by atoms with Crippen molar-refractivity contribution in [3.63, 3.8) is 0 Å². The van der Waals surface area contributed by atoms with Crippen LogP contribution in [0.5, 0.6) is 0 Å². The Labute approximate surface area is 169 Å². The SMILES string of the molecule is CN=C(NCCCOC)NCC1CCN(CCc2ccccc2)C1.I. The summed E-state index contributed by atoms with van der Waals surface area (Å²) in [6.07, 6.45) is 3.40. The number of likely N-dealkylation sites (tertiary alicyclic amines) is 1. The second-order valence-electron chi connectivity index (χ2n) is 6.42. The van der Waals surface area contributed by atoms with Crippen LogP contribution in [-0.2, 0) is 11.2 Å². The lowest BCUT2D eigenvalue weighted by atomic mass is 10.1. The molecule has 2 rings (SSSR count). The first-order valence-electron chi connectivity index (χ1n) is 9.01. The van der Waals surface area contributed by atoms with Crippen molar-refractivity contribution in [3.05, 3.63) is 35.9 Å². The van der Waals surface area contributed by atoms with Gasteiger partial charge >= 0.3 is 0 Å². The number of nitrogens with zero attached hydrogens (tertiary/aromatic N) is 2. The van der Waals surface area contributed by atoms with Crippen molar-refractivity contribution in [2.45, 2.75) is 19.3 Å². The van der Waals surface area contributed by atoms with Gasteiger partial charge in [0.2, 0.25) is 0 Å². The average molecular weight is 460 g/mol. The Morgan fingerprint density at radius 3 is 2.80 bits per heavy atom. The summed E-state index contributed by atoms with van der Waals surface area (Å²) in [4.78, 5) is 6.86. The molecular weight excluding hydrogens is 427 g/mol. The molecule has 1 atom stereocenters. The summed E-state index contributed by atoms with van der Waals surface area (Å²) in [5.74, 6) is 1.60. The second kappa shape index (κ2) is 13.4. The number of halogens is 1. The quantitative estimate of drug-likeness (QED) is 0.257. The molecule has 1 aromatic carbocycles. The standard InChI is InChI=1S/C19H32N4O.HI/c1-20-19(21-11-6-14-24-2)22-15-18-10-13-23(16-18)12-9-17-7-4-3-5-8-17;/h3-5,7-8,18H,6,9-16H2,1-2H3,(H2,20,21,22);1H. The van der Waals surface area contributed by atoms with Crippen LogP contribution < -0.4 is 10.6 Å². The van der Waals surface area contributed by atoms with E-state index in [9.17, 15) is 0 Å². The van der Waals surface area contributed by atoms with Gasteiger partial charge < -0.3 is 20.3 Å². The number of aliphatic imine (C=N–C) groups is 1. The number of nitrogens with one attached hydrogen (secondary N) is 2. The van der Waals surface area contributed by atoms with Crippen LogP contribution in [0.3, 0.4) is 0 Å². The molecule has 1 aromatic rings. The number of hydrogen-bond donors (Lipinski definition) is 2. The highest BCUT2D eigenvalue weighted by molar-refractivity contribution is 14.0. The van der Waals surface area contributed by atoms with Gasteiger partial charge in [-0.1, -0.05) is 30.3 Å².